The van der Waals surface area contributed by atoms with Gasteiger partial charge in [0.1, 0.15) is 12.1 Å². The summed E-state index contributed by atoms with van der Waals surface area (Å²) in [4.78, 5) is 42.4. The molecule has 4 rings (SSSR count). The maximum absolute atomic E-state index is 14.0. The molecule has 5 atom stereocenters. The fourth-order valence-electron chi connectivity index (χ4n) is 6.10. The standard InChI is InChI=1S/C27H40N4O3S.ClH/c1-5-27(6-2)16-22-31(26(34)21(14-15-35-22)30-24(32)17(3)28-4)23(27)25(33)29-20-13-9-11-18-10-7-8-12-19(18)20;/h7-8,10,12,17,20-23,28H,5-6,9,11,13-16H2,1-4H3,(H,29,33)(H,30,32);1H/t17-,20+,21-,22-,23?;/m0./s1. The number of hydrogen-bond acceptors (Lipinski definition) is 5. The van der Waals surface area contributed by atoms with Crippen molar-refractivity contribution in [1.82, 2.24) is 20.9 Å². The number of carbonyl (C=O) groups is 3. The van der Waals surface area contributed by atoms with Crippen molar-refractivity contribution in [3.8, 4) is 0 Å². The van der Waals surface area contributed by atoms with Gasteiger partial charge in [0.2, 0.25) is 17.7 Å². The highest BCUT2D eigenvalue weighted by molar-refractivity contribution is 7.99. The van der Waals surface area contributed by atoms with Crippen LogP contribution in [0.3, 0.4) is 0 Å². The molecule has 2 saturated heterocycles. The van der Waals surface area contributed by atoms with E-state index in [0.29, 0.717) is 6.42 Å². The molecule has 3 N–H and O–H groups in total. The van der Waals surface area contributed by atoms with Crippen molar-refractivity contribution in [2.24, 2.45) is 5.41 Å². The molecule has 2 aliphatic heterocycles. The van der Waals surface area contributed by atoms with Gasteiger partial charge in [0.05, 0.1) is 17.5 Å². The zero-order valence-corrected chi connectivity index (χ0v) is 23.5. The summed E-state index contributed by atoms with van der Waals surface area (Å²) in [5.74, 6) is 0.414. The van der Waals surface area contributed by atoms with E-state index >= 15 is 0 Å². The molecule has 200 valence electrons. The Kier molecular flexibility index (Phi) is 9.74. The molecule has 0 saturated carbocycles. The summed E-state index contributed by atoms with van der Waals surface area (Å²) < 4.78 is 0. The number of nitrogens with zero attached hydrogens (tertiary/aromatic N) is 1. The molecule has 0 spiro atoms. The van der Waals surface area contributed by atoms with Crippen LogP contribution in [0.15, 0.2) is 24.3 Å². The summed E-state index contributed by atoms with van der Waals surface area (Å²) in [6, 6.07) is 6.80. The monoisotopic (exact) mass is 536 g/mol. The average molecular weight is 537 g/mol. The molecule has 0 aromatic heterocycles. The van der Waals surface area contributed by atoms with Crippen molar-refractivity contribution < 1.29 is 14.4 Å². The van der Waals surface area contributed by atoms with Gasteiger partial charge >= 0.3 is 0 Å². The van der Waals surface area contributed by atoms with E-state index < -0.39 is 12.1 Å². The molecule has 0 bridgehead atoms. The first-order valence-electron chi connectivity index (χ1n) is 13.1. The topological polar surface area (TPSA) is 90.5 Å². The zero-order valence-electron chi connectivity index (χ0n) is 21.8. The van der Waals surface area contributed by atoms with Gasteiger partial charge in [-0.3, -0.25) is 14.4 Å². The number of nitrogens with one attached hydrogen (secondary N) is 3. The van der Waals surface area contributed by atoms with Gasteiger partial charge in [-0.25, -0.2) is 0 Å². The van der Waals surface area contributed by atoms with Crippen LogP contribution in [0.5, 0.6) is 0 Å². The second-order valence-corrected chi connectivity index (χ2v) is 11.5. The zero-order chi connectivity index (χ0) is 25.2. The van der Waals surface area contributed by atoms with Crippen molar-refractivity contribution in [3.05, 3.63) is 35.4 Å². The first-order valence-corrected chi connectivity index (χ1v) is 14.2. The van der Waals surface area contributed by atoms with Crippen LogP contribution in [-0.4, -0.2) is 58.9 Å². The van der Waals surface area contributed by atoms with Crippen LogP contribution in [0.2, 0.25) is 0 Å². The first kappa shape index (κ1) is 28.8. The molecule has 36 heavy (non-hydrogen) atoms. The summed E-state index contributed by atoms with van der Waals surface area (Å²) in [6.45, 7) is 6.05. The Morgan fingerprint density at radius 1 is 1.14 bits per heavy atom. The number of carbonyl (C=O) groups excluding carboxylic acids is 3. The van der Waals surface area contributed by atoms with E-state index in [2.05, 4.69) is 48.0 Å². The number of amides is 3. The minimum absolute atomic E-state index is 0. The molecule has 0 radical (unpaired) electrons. The highest BCUT2D eigenvalue weighted by Crippen LogP contribution is 2.50. The van der Waals surface area contributed by atoms with Gasteiger partial charge < -0.3 is 20.9 Å². The fraction of sp³-hybridized carbons (Fsp3) is 0.667. The number of likely N-dealkylation sites (N-methyl/N-ethyl adjacent to an activating group) is 1. The summed E-state index contributed by atoms with van der Waals surface area (Å²) in [5.41, 5.74) is 2.23. The third kappa shape index (κ3) is 5.41. The van der Waals surface area contributed by atoms with Crippen molar-refractivity contribution in [2.45, 2.75) is 95.3 Å². The Balaban J connectivity index is 0.00000361. The van der Waals surface area contributed by atoms with Crippen LogP contribution >= 0.6 is 24.2 Å². The van der Waals surface area contributed by atoms with Crippen molar-refractivity contribution in [1.29, 1.82) is 0 Å². The van der Waals surface area contributed by atoms with Crippen LogP contribution in [0.25, 0.3) is 0 Å². The molecular weight excluding hydrogens is 496 g/mol. The van der Waals surface area contributed by atoms with Gasteiger partial charge in [-0.1, -0.05) is 38.1 Å². The number of benzene rings is 1. The second-order valence-electron chi connectivity index (χ2n) is 10.3. The molecule has 1 aromatic rings. The van der Waals surface area contributed by atoms with E-state index in [1.165, 1.54) is 11.1 Å². The smallest absolute Gasteiger partial charge is 0.246 e. The Bertz CT molecular complexity index is 957. The highest BCUT2D eigenvalue weighted by atomic mass is 35.5. The minimum atomic E-state index is -0.606. The van der Waals surface area contributed by atoms with Crippen LogP contribution in [0.1, 0.15) is 76.5 Å². The quantitative estimate of drug-likeness (QED) is 0.495. The van der Waals surface area contributed by atoms with Gasteiger partial charge in [-0.15, -0.1) is 24.2 Å². The molecule has 3 aliphatic rings. The van der Waals surface area contributed by atoms with E-state index in [9.17, 15) is 14.4 Å². The minimum Gasteiger partial charge on any atom is -0.347 e. The van der Waals surface area contributed by atoms with E-state index in [1.54, 1.807) is 25.7 Å². The van der Waals surface area contributed by atoms with Crippen molar-refractivity contribution in [2.75, 3.05) is 12.8 Å². The molecule has 9 heteroatoms. The molecule has 2 heterocycles. The van der Waals surface area contributed by atoms with E-state index in [-0.39, 0.29) is 53.0 Å². The highest BCUT2D eigenvalue weighted by Gasteiger charge is 2.57. The summed E-state index contributed by atoms with van der Waals surface area (Å²) >= 11 is 1.75. The summed E-state index contributed by atoms with van der Waals surface area (Å²) in [7, 11) is 1.73. The Morgan fingerprint density at radius 2 is 1.86 bits per heavy atom. The number of hydrogen-bond donors (Lipinski definition) is 3. The SMILES string of the molecule is CCC1(CC)C[C@@H]2SCC[C@H](NC(=O)[C@H](C)NC)C(=O)N2C1C(=O)N[C@@H]1CCCc2ccccc21.Cl. The predicted molar refractivity (Wildman–Crippen MR) is 147 cm³/mol. The molecular formula is C27H41ClN4O3S. The third-order valence-corrected chi connectivity index (χ3v) is 9.75. The number of halogens is 1. The molecule has 1 aromatic carbocycles. The molecule has 1 unspecified atom stereocenters. The second kappa shape index (κ2) is 12.2. The fourth-order valence-corrected chi connectivity index (χ4v) is 7.58. The van der Waals surface area contributed by atoms with Crippen molar-refractivity contribution in [3.63, 3.8) is 0 Å². The number of rotatable bonds is 7. The number of fused-ring (bicyclic) bond motifs is 2. The van der Waals surface area contributed by atoms with Crippen LogP contribution in [0.4, 0.5) is 0 Å². The lowest BCUT2D eigenvalue weighted by Crippen LogP contribution is -2.58. The van der Waals surface area contributed by atoms with Crippen LogP contribution in [-0.2, 0) is 20.8 Å². The average Bonchev–Trinajstić information content (AvgIpc) is 3.14. The molecule has 2 fully saturated rings. The molecule has 3 amide bonds. The van der Waals surface area contributed by atoms with Gasteiger partial charge in [-0.2, -0.15) is 0 Å². The predicted octanol–water partition coefficient (Wildman–Crippen LogP) is 3.57. The van der Waals surface area contributed by atoms with Crippen LogP contribution in [0, 0.1) is 5.41 Å². The van der Waals surface area contributed by atoms with E-state index in [4.69, 9.17) is 0 Å². The molecule has 1 aliphatic carbocycles. The van der Waals surface area contributed by atoms with Crippen molar-refractivity contribution >= 4 is 41.9 Å². The maximum atomic E-state index is 14.0. The van der Waals surface area contributed by atoms with Crippen LogP contribution < -0.4 is 16.0 Å². The maximum Gasteiger partial charge on any atom is 0.246 e. The Labute approximate surface area is 225 Å². The normalized spacial score (nSPS) is 27.7. The lowest BCUT2D eigenvalue weighted by Gasteiger charge is -2.38. The number of aryl methyl sites for hydroxylation is 1. The van der Waals surface area contributed by atoms with Gasteiger partial charge in [0, 0.05) is 5.41 Å². The van der Waals surface area contributed by atoms with E-state index in [0.717, 1.165) is 44.3 Å². The molecule has 7 nitrogen and oxygen atoms in total. The largest absolute Gasteiger partial charge is 0.347 e. The Morgan fingerprint density at radius 3 is 2.56 bits per heavy atom. The van der Waals surface area contributed by atoms with E-state index in [1.807, 2.05) is 11.0 Å². The number of thioether (sulfide) groups is 1. The lowest BCUT2D eigenvalue weighted by molar-refractivity contribution is -0.144. The third-order valence-electron chi connectivity index (χ3n) is 8.50. The summed E-state index contributed by atoms with van der Waals surface area (Å²) in [5, 5.41) is 9.20. The Hall–Kier alpha value is -1.77. The first-order chi connectivity index (χ1) is 16.8. The summed E-state index contributed by atoms with van der Waals surface area (Å²) in [6.07, 6.45) is 6.04. The van der Waals surface area contributed by atoms with Gasteiger partial charge in [0.25, 0.3) is 0 Å². The van der Waals surface area contributed by atoms with Gasteiger partial charge in [-0.05, 0) is 75.8 Å². The van der Waals surface area contributed by atoms with Gasteiger partial charge in [0.15, 0.2) is 0 Å². The lowest BCUT2D eigenvalue weighted by atomic mass is 9.74.